The number of aryl methyl sites for hydroxylation is 1. The number of ether oxygens (including phenoxy) is 1. The Morgan fingerprint density at radius 1 is 1.10 bits per heavy atom. The average molecular weight is 423 g/mol. The number of methoxy groups -OCH3 is 1. The van der Waals surface area contributed by atoms with Gasteiger partial charge in [0, 0.05) is 38.0 Å². The van der Waals surface area contributed by atoms with E-state index < -0.39 is 0 Å². The van der Waals surface area contributed by atoms with Gasteiger partial charge in [0.15, 0.2) is 5.82 Å². The van der Waals surface area contributed by atoms with E-state index >= 15 is 0 Å². The SMILES string of the molecule is COC1CCC(N2CCNc3ncc(-c4cc(F)c(-c5ncn[nH]5)cc4C)cc32)CC1. The predicted molar refractivity (Wildman–Crippen MR) is 119 cm³/mol. The quantitative estimate of drug-likeness (QED) is 0.657. The number of pyridine rings is 1. The Kier molecular flexibility index (Phi) is 5.31. The molecule has 0 atom stereocenters. The molecular formula is C23H27FN6O. The number of H-pyrrole nitrogens is 1. The molecule has 2 N–H and O–H groups in total. The summed E-state index contributed by atoms with van der Waals surface area (Å²) in [7, 11) is 1.80. The minimum absolute atomic E-state index is 0.331. The molecule has 7 nitrogen and oxygen atoms in total. The third kappa shape index (κ3) is 3.76. The fourth-order valence-electron chi connectivity index (χ4n) is 4.85. The zero-order chi connectivity index (χ0) is 21.4. The monoisotopic (exact) mass is 422 g/mol. The van der Waals surface area contributed by atoms with E-state index in [1.54, 1.807) is 13.2 Å². The van der Waals surface area contributed by atoms with Crippen LogP contribution in [0.25, 0.3) is 22.5 Å². The summed E-state index contributed by atoms with van der Waals surface area (Å²) in [4.78, 5) is 11.2. The Morgan fingerprint density at radius 2 is 1.94 bits per heavy atom. The highest BCUT2D eigenvalue weighted by atomic mass is 19.1. The molecule has 0 radical (unpaired) electrons. The first-order valence-corrected chi connectivity index (χ1v) is 10.8. The van der Waals surface area contributed by atoms with Crippen LogP contribution in [0.2, 0.25) is 0 Å². The van der Waals surface area contributed by atoms with E-state index in [2.05, 4.69) is 36.4 Å². The summed E-state index contributed by atoms with van der Waals surface area (Å²) < 4.78 is 20.5. The number of hydrogen-bond acceptors (Lipinski definition) is 6. The first-order chi connectivity index (χ1) is 15.1. The highest BCUT2D eigenvalue weighted by Crippen LogP contribution is 2.38. The highest BCUT2D eigenvalue weighted by molar-refractivity contribution is 5.79. The van der Waals surface area contributed by atoms with Crippen molar-refractivity contribution in [3.8, 4) is 22.5 Å². The number of halogens is 1. The molecule has 0 spiro atoms. The molecule has 0 unspecified atom stereocenters. The summed E-state index contributed by atoms with van der Waals surface area (Å²) in [5.41, 5.74) is 4.24. The Balaban J connectivity index is 1.48. The number of rotatable bonds is 4. The topological polar surface area (TPSA) is 79.0 Å². The molecule has 0 saturated heterocycles. The van der Waals surface area contributed by atoms with Crippen LogP contribution in [0.3, 0.4) is 0 Å². The van der Waals surface area contributed by atoms with Crippen molar-refractivity contribution in [2.24, 2.45) is 0 Å². The summed E-state index contributed by atoms with van der Waals surface area (Å²) in [6, 6.07) is 6.01. The molecule has 8 heteroatoms. The van der Waals surface area contributed by atoms with Crippen molar-refractivity contribution in [1.29, 1.82) is 0 Å². The molecule has 2 aromatic heterocycles. The molecule has 162 valence electrons. The molecule has 2 aliphatic rings. The Hall–Kier alpha value is -3.00. The first-order valence-electron chi connectivity index (χ1n) is 10.8. The Bertz CT molecular complexity index is 1060. The lowest BCUT2D eigenvalue weighted by Gasteiger charge is -2.41. The smallest absolute Gasteiger partial charge is 0.158 e. The second kappa shape index (κ2) is 8.26. The molecule has 3 heterocycles. The summed E-state index contributed by atoms with van der Waals surface area (Å²) in [5, 5.41) is 9.97. The van der Waals surface area contributed by atoms with E-state index in [1.807, 2.05) is 19.2 Å². The average Bonchev–Trinajstić information content (AvgIpc) is 3.34. The van der Waals surface area contributed by atoms with Gasteiger partial charge in [0.25, 0.3) is 0 Å². The lowest BCUT2D eigenvalue weighted by molar-refractivity contribution is 0.0655. The summed E-state index contributed by atoms with van der Waals surface area (Å²) in [5.74, 6) is 1.00. The highest BCUT2D eigenvalue weighted by Gasteiger charge is 2.29. The minimum atomic E-state index is -0.331. The van der Waals surface area contributed by atoms with Crippen molar-refractivity contribution in [1.82, 2.24) is 20.2 Å². The molecule has 31 heavy (non-hydrogen) atoms. The number of benzene rings is 1. The lowest BCUT2D eigenvalue weighted by Crippen LogP contribution is -2.44. The minimum Gasteiger partial charge on any atom is -0.381 e. The van der Waals surface area contributed by atoms with Crippen molar-refractivity contribution in [3.05, 3.63) is 42.1 Å². The van der Waals surface area contributed by atoms with Crippen LogP contribution in [0.1, 0.15) is 31.2 Å². The van der Waals surface area contributed by atoms with Gasteiger partial charge in [-0.15, -0.1) is 0 Å². The van der Waals surface area contributed by atoms with Crippen LogP contribution in [0.5, 0.6) is 0 Å². The van der Waals surface area contributed by atoms with Crippen LogP contribution in [0.15, 0.2) is 30.7 Å². The van der Waals surface area contributed by atoms with Crippen LogP contribution in [0, 0.1) is 12.7 Å². The normalized spacial score (nSPS) is 20.9. The van der Waals surface area contributed by atoms with E-state index in [1.165, 1.54) is 6.33 Å². The summed E-state index contributed by atoms with van der Waals surface area (Å²) >= 11 is 0. The second-order valence-electron chi connectivity index (χ2n) is 8.36. The molecule has 3 aromatic rings. The molecule has 1 saturated carbocycles. The van der Waals surface area contributed by atoms with Crippen molar-refractivity contribution < 1.29 is 9.13 Å². The number of nitrogens with one attached hydrogen (secondary N) is 2. The number of hydrogen-bond donors (Lipinski definition) is 2. The first kappa shape index (κ1) is 19.9. The van der Waals surface area contributed by atoms with Crippen molar-refractivity contribution in [2.75, 3.05) is 30.4 Å². The number of fused-ring (bicyclic) bond motifs is 1. The van der Waals surface area contributed by atoms with Crippen molar-refractivity contribution in [2.45, 2.75) is 44.8 Å². The molecule has 1 aromatic carbocycles. The predicted octanol–water partition coefficient (Wildman–Crippen LogP) is 4.17. The van der Waals surface area contributed by atoms with Crippen molar-refractivity contribution >= 4 is 11.5 Å². The second-order valence-corrected chi connectivity index (χ2v) is 8.36. The van der Waals surface area contributed by atoms with Crippen LogP contribution in [0.4, 0.5) is 15.9 Å². The number of anilines is 2. The van der Waals surface area contributed by atoms with E-state index in [4.69, 9.17) is 4.74 Å². The summed E-state index contributed by atoms with van der Waals surface area (Å²) in [6.07, 6.45) is 7.97. The van der Waals surface area contributed by atoms with Crippen molar-refractivity contribution in [3.63, 3.8) is 0 Å². The van der Waals surface area contributed by atoms with E-state index in [0.29, 0.717) is 23.5 Å². The van der Waals surface area contributed by atoms with E-state index in [-0.39, 0.29) is 5.82 Å². The maximum Gasteiger partial charge on any atom is 0.158 e. The maximum atomic E-state index is 14.9. The Morgan fingerprint density at radius 3 is 2.68 bits per heavy atom. The largest absolute Gasteiger partial charge is 0.381 e. The molecule has 1 aliphatic carbocycles. The zero-order valence-electron chi connectivity index (χ0n) is 17.9. The van der Waals surface area contributed by atoms with Gasteiger partial charge in [0.05, 0.1) is 17.4 Å². The maximum absolute atomic E-state index is 14.9. The van der Waals surface area contributed by atoms with Gasteiger partial charge in [0.1, 0.15) is 18.0 Å². The standard InChI is InChI=1S/C23H27FN6O/c1-14-9-19(22-27-13-28-29-22)20(24)11-18(14)15-10-21-23(26-12-15)25-7-8-30(21)16-3-5-17(31-2)6-4-16/h9-13,16-17H,3-8H2,1-2H3,(H,25,26)(H,27,28,29). The van der Waals surface area contributed by atoms with Gasteiger partial charge in [-0.2, -0.15) is 5.10 Å². The number of aromatic nitrogens is 4. The van der Waals surface area contributed by atoms with Crippen LogP contribution >= 0.6 is 0 Å². The number of aromatic amines is 1. The summed E-state index contributed by atoms with van der Waals surface area (Å²) in [6.45, 7) is 3.80. The van der Waals surface area contributed by atoms with E-state index in [9.17, 15) is 4.39 Å². The third-order valence-electron chi connectivity index (χ3n) is 6.54. The lowest BCUT2D eigenvalue weighted by atomic mass is 9.91. The fraction of sp³-hybridized carbons (Fsp3) is 0.435. The molecule has 0 amide bonds. The molecule has 0 bridgehead atoms. The van der Waals surface area contributed by atoms with Crippen LogP contribution < -0.4 is 10.2 Å². The number of nitrogens with zero attached hydrogens (tertiary/aromatic N) is 4. The van der Waals surface area contributed by atoms with Gasteiger partial charge in [-0.1, -0.05) is 0 Å². The van der Waals surface area contributed by atoms with Gasteiger partial charge in [-0.25, -0.2) is 14.4 Å². The van der Waals surface area contributed by atoms with Gasteiger partial charge in [0.2, 0.25) is 0 Å². The molecule has 1 fully saturated rings. The zero-order valence-corrected chi connectivity index (χ0v) is 17.9. The third-order valence-corrected chi connectivity index (χ3v) is 6.54. The molecule has 5 rings (SSSR count). The molecular weight excluding hydrogens is 395 g/mol. The van der Waals surface area contributed by atoms with Gasteiger partial charge in [-0.05, 0) is 61.9 Å². The Labute approximate surface area is 181 Å². The van der Waals surface area contributed by atoms with Gasteiger partial charge < -0.3 is 15.0 Å². The molecule has 1 aliphatic heterocycles. The van der Waals surface area contributed by atoms with Crippen LogP contribution in [-0.4, -0.2) is 52.5 Å². The van der Waals surface area contributed by atoms with Gasteiger partial charge >= 0.3 is 0 Å². The van der Waals surface area contributed by atoms with E-state index in [0.717, 1.165) is 67.0 Å². The van der Waals surface area contributed by atoms with Crippen LogP contribution in [-0.2, 0) is 4.74 Å². The van der Waals surface area contributed by atoms with Gasteiger partial charge in [-0.3, -0.25) is 5.10 Å². The fourth-order valence-corrected chi connectivity index (χ4v) is 4.85.